The monoisotopic (exact) mass is 379 g/mol. The van der Waals surface area contributed by atoms with Gasteiger partial charge in [-0.1, -0.05) is 26.0 Å². The van der Waals surface area contributed by atoms with E-state index in [4.69, 9.17) is 4.42 Å². The Labute approximate surface area is 160 Å². The molecule has 3 rings (SSSR count). The van der Waals surface area contributed by atoms with E-state index in [9.17, 15) is 20.1 Å². The third kappa shape index (κ3) is 3.34. The first-order chi connectivity index (χ1) is 12.8. The normalized spacial score (nSPS) is 18.7. The van der Waals surface area contributed by atoms with Crippen molar-refractivity contribution >= 4 is 28.6 Å². The molecule has 2 heterocycles. The number of carbonyl (C=O) groups is 1. The molecule has 1 amide bonds. The van der Waals surface area contributed by atoms with Crippen LogP contribution < -0.4 is 10.9 Å². The fraction of sp³-hybridized carbons (Fsp3) is 0.300. The number of aryl methyl sites for hydroxylation is 1. The highest BCUT2D eigenvalue weighted by molar-refractivity contribution is 8.02. The summed E-state index contributed by atoms with van der Waals surface area (Å²) in [6, 6.07) is 11.2. The summed E-state index contributed by atoms with van der Waals surface area (Å²) in [5.74, 6) is -0.972. The minimum Gasteiger partial charge on any atom is -0.423 e. The number of nitriles is 2. The summed E-state index contributed by atoms with van der Waals surface area (Å²) < 4.78 is 5.26. The smallest absolute Gasteiger partial charge is 0.336 e. The molecule has 27 heavy (non-hydrogen) atoms. The van der Waals surface area contributed by atoms with Gasteiger partial charge in [0.1, 0.15) is 11.5 Å². The molecule has 1 aliphatic heterocycles. The van der Waals surface area contributed by atoms with Gasteiger partial charge in [-0.25, -0.2) is 4.79 Å². The van der Waals surface area contributed by atoms with Crippen molar-refractivity contribution in [2.45, 2.75) is 26.5 Å². The predicted octanol–water partition coefficient (Wildman–Crippen LogP) is 3.37. The van der Waals surface area contributed by atoms with Gasteiger partial charge in [0.2, 0.25) is 5.91 Å². The summed E-state index contributed by atoms with van der Waals surface area (Å²) in [5.41, 5.74) is 1.27. The molecular weight excluding hydrogens is 362 g/mol. The van der Waals surface area contributed by atoms with Crippen LogP contribution in [0.1, 0.15) is 25.0 Å². The minimum atomic E-state index is -0.927. The van der Waals surface area contributed by atoms with Crippen LogP contribution in [-0.4, -0.2) is 5.91 Å². The number of rotatable bonds is 3. The van der Waals surface area contributed by atoms with Gasteiger partial charge in [0, 0.05) is 22.6 Å². The van der Waals surface area contributed by atoms with Gasteiger partial charge in [0.25, 0.3) is 0 Å². The molecule has 6 nitrogen and oxygen atoms in total. The largest absolute Gasteiger partial charge is 0.423 e. The van der Waals surface area contributed by atoms with Crippen LogP contribution >= 0.6 is 11.8 Å². The summed E-state index contributed by atoms with van der Waals surface area (Å²) >= 11 is 1.26. The van der Waals surface area contributed by atoms with Crippen molar-refractivity contribution in [2.75, 3.05) is 0 Å². The Bertz CT molecular complexity index is 1120. The number of nitrogens with zero attached hydrogens (tertiary/aromatic N) is 2. The zero-order chi connectivity index (χ0) is 19.8. The first-order valence-corrected chi connectivity index (χ1v) is 9.28. The van der Waals surface area contributed by atoms with Gasteiger partial charge in [-0.05, 0) is 24.1 Å². The maximum atomic E-state index is 12.3. The fourth-order valence-electron chi connectivity index (χ4n) is 3.14. The van der Waals surface area contributed by atoms with Crippen molar-refractivity contribution in [3.05, 3.63) is 56.4 Å². The molecular formula is C20H17N3O3S. The molecule has 0 fully saturated rings. The highest BCUT2D eigenvalue weighted by atomic mass is 32.2. The first-order valence-electron chi connectivity index (χ1n) is 8.29. The lowest BCUT2D eigenvalue weighted by molar-refractivity contribution is -0.125. The number of amides is 1. The van der Waals surface area contributed by atoms with Crippen LogP contribution in [-0.2, 0) is 10.5 Å². The van der Waals surface area contributed by atoms with Gasteiger partial charge in [-0.3, -0.25) is 4.79 Å². The molecule has 1 aliphatic rings. The van der Waals surface area contributed by atoms with Crippen LogP contribution in [0, 0.1) is 40.9 Å². The van der Waals surface area contributed by atoms with Gasteiger partial charge in [0.05, 0.1) is 22.7 Å². The second kappa shape index (κ2) is 6.94. The Morgan fingerprint density at radius 2 is 2.00 bits per heavy atom. The van der Waals surface area contributed by atoms with Crippen molar-refractivity contribution in [1.82, 2.24) is 5.32 Å². The summed E-state index contributed by atoms with van der Waals surface area (Å²) in [5, 5.41) is 22.8. The molecule has 0 unspecified atom stereocenters. The van der Waals surface area contributed by atoms with E-state index in [0.717, 1.165) is 16.5 Å². The molecule has 0 bridgehead atoms. The van der Waals surface area contributed by atoms with Crippen LogP contribution in [0.3, 0.4) is 0 Å². The zero-order valence-corrected chi connectivity index (χ0v) is 15.9. The second-order valence-electron chi connectivity index (χ2n) is 6.97. The Hall–Kier alpha value is -3.03. The van der Waals surface area contributed by atoms with E-state index in [1.807, 2.05) is 25.1 Å². The van der Waals surface area contributed by atoms with Crippen molar-refractivity contribution < 1.29 is 9.21 Å². The molecule has 136 valence electrons. The Morgan fingerprint density at radius 1 is 1.26 bits per heavy atom. The third-order valence-corrected chi connectivity index (χ3v) is 5.74. The third-order valence-electron chi connectivity index (χ3n) is 4.69. The average Bonchev–Trinajstić information content (AvgIpc) is 2.58. The molecule has 0 spiro atoms. The number of hydrogen-bond donors (Lipinski definition) is 1. The van der Waals surface area contributed by atoms with Crippen LogP contribution in [0.2, 0.25) is 0 Å². The molecule has 0 aliphatic carbocycles. The fourth-order valence-corrected chi connectivity index (χ4v) is 4.31. The molecule has 0 radical (unpaired) electrons. The summed E-state index contributed by atoms with van der Waals surface area (Å²) in [6.45, 7) is 5.35. The summed E-state index contributed by atoms with van der Waals surface area (Å²) in [4.78, 5) is 24.2. The van der Waals surface area contributed by atoms with Gasteiger partial charge < -0.3 is 9.73 Å². The molecule has 1 aromatic carbocycles. The number of hydrogen-bond acceptors (Lipinski definition) is 6. The molecule has 1 atom stereocenters. The minimum absolute atomic E-state index is 0.363. The molecule has 1 aromatic heterocycles. The number of nitrogens with one attached hydrogen (secondary N) is 1. The van der Waals surface area contributed by atoms with E-state index >= 15 is 0 Å². The van der Waals surface area contributed by atoms with E-state index in [1.54, 1.807) is 19.9 Å². The Kier molecular flexibility index (Phi) is 4.82. The van der Waals surface area contributed by atoms with Gasteiger partial charge in [0.15, 0.2) is 0 Å². The molecule has 1 N–H and O–H groups in total. The standard InChI is InChI=1S/C20H17N3O3S/c1-11-4-5-13-12(7-17(24)26-16(13)6-11)10-27-19-15(9-22)20(2,3)14(8-21)18(25)23-19/h4-7,14H,10H2,1-3H3,(H,23,25)/t14-/m1/s1. The topological polar surface area (TPSA) is 107 Å². The molecule has 7 heteroatoms. The van der Waals surface area contributed by atoms with Crippen molar-refractivity contribution in [2.24, 2.45) is 11.3 Å². The van der Waals surface area contributed by atoms with Crippen LogP contribution in [0.4, 0.5) is 0 Å². The number of carbonyl (C=O) groups excluding carboxylic acids is 1. The van der Waals surface area contributed by atoms with Crippen LogP contribution in [0.5, 0.6) is 0 Å². The van der Waals surface area contributed by atoms with E-state index in [-0.39, 0.29) is 0 Å². The Morgan fingerprint density at radius 3 is 2.67 bits per heavy atom. The van der Waals surface area contributed by atoms with E-state index < -0.39 is 22.9 Å². The van der Waals surface area contributed by atoms with Crippen LogP contribution in [0.25, 0.3) is 11.0 Å². The quantitative estimate of drug-likeness (QED) is 0.820. The number of allylic oxidation sites excluding steroid dienone is 1. The first kappa shape index (κ1) is 18.8. The SMILES string of the molecule is Cc1ccc2c(CSC3=C(C#N)C(C)(C)[C@H](C#N)C(=O)N3)cc(=O)oc2c1. The Balaban J connectivity index is 2.00. The number of benzene rings is 1. The zero-order valence-electron chi connectivity index (χ0n) is 15.1. The van der Waals surface area contributed by atoms with E-state index in [0.29, 0.717) is 21.9 Å². The lowest BCUT2D eigenvalue weighted by atomic mass is 9.72. The maximum absolute atomic E-state index is 12.3. The lowest BCUT2D eigenvalue weighted by Crippen LogP contribution is -2.44. The number of thioether (sulfide) groups is 1. The second-order valence-corrected chi connectivity index (χ2v) is 7.95. The lowest BCUT2D eigenvalue weighted by Gasteiger charge is -2.34. The van der Waals surface area contributed by atoms with Gasteiger partial charge in [-0.2, -0.15) is 10.5 Å². The van der Waals surface area contributed by atoms with Crippen LogP contribution in [0.15, 0.2) is 44.1 Å². The predicted molar refractivity (Wildman–Crippen MR) is 102 cm³/mol. The molecule has 0 saturated carbocycles. The van der Waals surface area contributed by atoms with Gasteiger partial charge in [-0.15, -0.1) is 11.8 Å². The molecule has 2 aromatic rings. The summed E-state index contributed by atoms with van der Waals surface area (Å²) in [6.07, 6.45) is 0. The van der Waals surface area contributed by atoms with Gasteiger partial charge >= 0.3 is 5.63 Å². The maximum Gasteiger partial charge on any atom is 0.336 e. The van der Waals surface area contributed by atoms with Crippen molar-refractivity contribution in [3.8, 4) is 12.1 Å². The number of fused-ring (bicyclic) bond motifs is 1. The summed E-state index contributed by atoms with van der Waals surface area (Å²) in [7, 11) is 0. The highest BCUT2D eigenvalue weighted by Gasteiger charge is 2.44. The van der Waals surface area contributed by atoms with Crippen molar-refractivity contribution in [1.29, 1.82) is 10.5 Å². The highest BCUT2D eigenvalue weighted by Crippen LogP contribution is 2.42. The average molecular weight is 379 g/mol. The van der Waals surface area contributed by atoms with Crippen molar-refractivity contribution in [3.63, 3.8) is 0 Å². The molecule has 0 saturated heterocycles. The van der Waals surface area contributed by atoms with E-state index in [2.05, 4.69) is 11.4 Å². The van der Waals surface area contributed by atoms with E-state index in [1.165, 1.54) is 17.8 Å².